The highest BCUT2D eigenvalue weighted by Crippen LogP contribution is 2.17. The molecule has 0 unspecified atom stereocenters. The zero-order valence-electron chi connectivity index (χ0n) is 8.69. The number of imidazole rings is 1. The maximum absolute atomic E-state index is 11.9. The minimum Gasteiger partial charge on any atom is -0.340 e. The van der Waals surface area contributed by atoms with Crippen LogP contribution in [0, 0.1) is 0 Å². The molecule has 0 saturated carbocycles. The van der Waals surface area contributed by atoms with Gasteiger partial charge in [-0.15, -0.1) is 11.6 Å². The van der Waals surface area contributed by atoms with Crippen LogP contribution in [0.25, 0.3) is 0 Å². The van der Waals surface area contributed by atoms with Gasteiger partial charge in [-0.1, -0.05) is 0 Å². The number of hydrogen-bond donors (Lipinski definition) is 0. The van der Waals surface area contributed by atoms with Crippen molar-refractivity contribution in [3.63, 3.8) is 0 Å². The normalized spacial score (nSPS) is 18.1. The molecule has 4 nitrogen and oxygen atoms in total. The van der Waals surface area contributed by atoms with Crippen LogP contribution in [-0.4, -0.2) is 38.8 Å². The molecule has 1 aromatic rings. The van der Waals surface area contributed by atoms with E-state index in [1.54, 1.807) is 17.1 Å². The Balaban J connectivity index is 2.02. The van der Waals surface area contributed by atoms with Crippen molar-refractivity contribution < 1.29 is 4.79 Å². The Hall–Kier alpha value is -1.03. The number of alkyl halides is 1. The first kappa shape index (κ1) is 10.5. The number of carbonyl (C=O) groups excluding carboxylic acids is 1. The van der Waals surface area contributed by atoms with Gasteiger partial charge in [-0.25, -0.2) is 4.98 Å². The number of nitrogens with zero attached hydrogens (tertiary/aromatic N) is 3. The lowest BCUT2D eigenvalue weighted by atomic mass is 10.1. The fraction of sp³-hybridized carbons (Fsp3) is 0.600. The Bertz CT molecular complexity index is 355. The summed E-state index contributed by atoms with van der Waals surface area (Å²) in [6.07, 6.45) is 5.14. The zero-order chi connectivity index (χ0) is 10.8. The van der Waals surface area contributed by atoms with Crippen LogP contribution < -0.4 is 0 Å². The van der Waals surface area contributed by atoms with E-state index >= 15 is 0 Å². The topological polar surface area (TPSA) is 38.1 Å². The number of likely N-dealkylation sites (tertiary alicyclic amines) is 1. The van der Waals surface area contributed by atoms with Gasteiger partial charge in [0, 0.05) is 31.7 Å². The predicted octanol–water partition coefficient (Wildman–Crippen LogP) is 1.26. The maximum atomic E-state index is 11.9. The number of hydrogen-bond acceptors (Lipinski definition) is 2. The van der Waals surface area contributed by atoms with E-state index in [0.717, 1.165) is 25.9 Å². The van der Waals surface area contributed by atoms with Gasteiger partial charge in [0.15, 0.2) is 0 Å². The van der Waals surface area contributed by atoms with Crippen LogP contribution in [0.5, 0.6) is 0 Å². The molecule has 2 rings (SSSR count). The molecule has 1 aromatic heterocycles. The van der Waals surface area contributed by atoms with Crippen LogP contribution in [0.15, 0.2) is 12.5 Å². The van der Waals surface area contributed by atoms with Gasteiger partial charge in [-0.05, 0) is 12.8 Å². The quantitative estimate of drug-likeness (QED) is 0.678. The third-order valence-corrected chi connectivity index (χ3v) is 3.07. The third-order valence-electron chi connectivity index (χ3n) is 2.64. The molecular formula is C10H14ClN3O. The van der Waals surface area contributed by atoms with E-state index in [1.165, 1.54) is 0 Å². The molecule has 0 bridgehead atoms. The lowest BCUT2D eigenvalue weighted by Crippen LogP contribution is -2.38. The second kappa shape index (κ2) is 4.23. The highest BCUT2D eigenvalue weighted by Gasteiger charge is 2.23. The van der Waals surface area contributed by atoms with Crippen molar-refractivity contribution in [2.24, 2.45) is 7.05 Å². The van der Waals surface area contributed by atoms with Gasteiger partial charge in [0.1, 0.15) is 5.69 Å². The largest absolute Gasteiger partial charge is 0.340 e. The van der Waals surface area contributed by atoms with E-state index in [0.29, 0.717) is 5.69 Å². The Morgan fingerprint density at radius 2 is 2.20 bits per heavy atom. The second-order valence-corrected chi connectivity index (χ2v) is 4.51. The SMILES string of the molecule is Cn1cnc(C(=O)N2CCC(Cl)CC2)c1. The van der Waals surface area contributed by atoms with Gasteiger partial charge in [-0.3, -0.25) is 4.79 Å². The van der Waals surface area contributed by atoms with Crippen molar-refractivity contribution >= 4 is 17.5 Å². The first-order chi connectivity index (χ1) is 7.16. The first-order valence-electron chi connectivity index (χ1n) is 5.08. The van der Waals surface area contributed by atoms with Crippen LogP contribution in [0.2, 0.25) is 0 Å². The summed E-state index contributed by atoms with van der Waals surface area (Å²) in [4.78, 5) is 17.8. The van der Waals surface area contributed by atoms with Crippen molar-refractivity contribution in [3.05, 3.63) is 18.2 Å². The highest BCUT2D eigenvalue weighted by atomic mass is 35.5. The second-order valence-electron chi connectivity index (χ2n) is 3.89. The molecule has 2 heterocycles. The van der Waals surface area contributed by atoms with Gasteiger partial charge < -0.3 is 9.47 Å². The van der Waals surface area contributed by atoms with Gasteiger partial charge >= 0.3 is 0 Å². The summed E-state index contributed by atoms with van der Waals surface area (Å²) in [6.45, 7) is 1.48. The van der Waals surface area contributed by atoms with Gasteiger partial charge in [-0.2, -0.15) is 0 Å². The Labute approximate surface area is 93.8 Å². The molecule has 1 aliphatic heterocycles. The van der Waals surface area contributed by atoms with E-state index in [9.17, 15) is 4.79 Å². The van der Waals surface area contributed by atoms with Crippen molar-refractivity contribution in [2.75, 3.05) is 13.1 Å². The van der Waals surface area contributed by atoms with Gasteiger partial charge in [0.05, 0.1) is 6.33 Å². The average molecular weight is 228 g/mol. The molecule has 0 spiro atoms. The lowest BCUT2D eigenvalue weighted by Gasteiger charge is -2.28. The molecule has 1 saturated heterocycles. The van der Waals surface area contributed by atoms with E-state index in [2.05, 4.69) is 4.98 Å². The molecule has 0 aliphatic carbocycles. The summed E-state index contributed by atoms with van der Waals surface area (Å²) < 4.78 is 1.78. The monoisotopic (exact) mass is 227 g/mol. The van der Waals surface area contributed by atoms with Crippen molar-refractivity contribution in [1.29, 1.82) is 0 Å². The number of amides is 1. The Morgan fingerprint density at radius 3 is 2.73 bits per heavy atom. The molecule has 82 valence electrons. The molecule has 1 fully saturated rings. The summed E-state index contributed by atoms with van der Waals surface area (Å²) in [5.74, 6) is 0.0131. The third kappa shape index (κ3) is 2.31. The summed E-state index contributed by atoms with van der Waals surface area (Å²) in [5, 5.41) is 0.220. The number of carbonyl (C=O) groups is 1. The van der Waals surface area contributed by atoms with E-state index in [1.807, 2.05) is 11.9 Å². The number of piperidine rings is 1. The minimum atomic E-state index is 0.0131. The van der Waals surface area contributed by atoms with Gasteiger partial charge in [0.2, 0.25) is 0 Å². The van der Waals surface area contributed by atoms with E-state index < -0.39 is 0 Å². The van der Waals surface area contributed by atoms with Crippen molar-refractivity contribution in [3.8, 4) is 0 Å². The number of aryl methyl sites for hydroxylation is 1. The van der Waals surface area contributed by atoms with Crippen LogP contribution in [-0.2, 0) is 7.05 Å². The molecule has 1 amide bonds. The predicted molar refractivity (Wildman–Crippen MR) is 58.0 cm³/mol. The highest BCUT2D eigenvalue weighted by molar-refractivity contribution is 6.20. The molecule has 0 aromatic carbocycles. The maximum Gasteiger partial charge on any atom is 0.274 e. The summed E-state index contributed by atoms with van der Waals surface area (Å²) >= 11 is 5.98. The van der Waals surface area contributed by atoms with E-state index in [4.69, 9.17) is 11.6 Å². The zero-order valence-corrected chi connectivity index (χ0v) is 9.44. The molecule has 0 radical (unpaired) electrons. The van der Waals surface area contributed by atoms with Crippen LogP contribution in [0.4, 0.5) is 0 Å². The Kier molecular flexibility index (Phi) is 2.95. The number of halogens is 1. The number of aromatic nitrogens is 2. The Morgan fingerprint density at radius 1 is 1.53 bits per heavy atom. The lowest BCUT2D eigenvalue weighted by molar-refractivity contribution is 0.0721. The molecule has 0 atom stereocenters. The molecule has 1 aliphatic rings. The van der Waals surface area contributed by atoms with Crippen molar-refractivity contribution in [2.45, 2.75) is 18.2 Å². The summed E-state index contributed by atoms with van der Waals surface area (Å²) in [7, 11) is 1.86. The molecule has 15 heavy (non-hydrogen) atoms. The number of rotatable bonds is 1. The fourth-order valence-corrected chi connectivity index (χ4v) is 1.93. The average Bonchev–Trinajstić information content (AvgIpc) is 2.65. The summed E-state index contributed by atoms with van der Waals surface area (Å²) in [5.41, 5.74) is 0.519. The van der Waals surface area contributed by atoms with Crippen LogP contribution in [0.1, 0.15) is 23.3 Å². The summed E-state index contributed by atoms with van der Waals surface area (Å²) in [6, 6.07) is 0. The van der Waals surface area contributed by atoms with Crippen LogP contribution in [0.3, 0.4) is 0 Å². The minimum absolute atomic E-state index is 0.0131. The standard InChI is InChI=1S/C10H14ClN3O/c1-13-6-9(12-7-13)10(15)14-4-2-8(11)3-5-14/h6-8H,2-5H2,1H3. The van der Waals surface area contributed by atoms with E-state index in [-0.39, 0.29) is 11.3 Å². The molecule has 5 heteroatoms. The van der Waals surface area contributed by atoms with Gasteiger partial charge in [0.25, 0.3) is 5.91 Å². The van der Waals surface area contributed by atoms with Crippen LogP contribution >= 0.6 is 11.6 Å². The van der Waals surface area contributed by atoms with Crippen molar-refractivity contribution in [1.82, 2.24) is 14.5 Å². The molecular weight excluding hydrogens is 214 g/mol. The first-order valence-corrected chi connectivity index (χ1v) is 5.52. The fourth-order valence-electron chi connectivity index (χ4n) is 1.74. The smallest absolute Gasteiger partial charge is 0.274 e. The molecule has 0 N–H and O–H groups in total.